The maximum absolute atomic E-state index is 12.8. The van der Waals surface area contributed by atoms with E-state index in [-0.39, 0.29) is 22.9 Å². The molecule has 1 aromatic heterocycles. The Hall–Kier alpha value is -2.80. The lowest BCUT2D eigenvalue weighted by Gasteiger charge is -2.48. The van der Waals surface area contributed by atoms with Gasteiger partial charge in [0.15, 0.2) is 16.9 Å². The first kappa shape index (κ1) is 26.8. The molecule has 1 unspecified atom stereocenters. The molecule has 0 bridgehead atoms. The Morgan fingerprint density at radius 2 is 1.86 bits per heavy atom. The van der Waals surface area contributed by atoms with Crippen molar-refractivity contribution >= 4 is 5.97 Å². The summed E-state index contributed by atoms with van der Waals surface area (Å²) in [6, 6.07) is 5.41. The summed E-state index contributed by atoms with van der Waals surface area (Å²) in [6.45, 7) is 12.1. The summed E-state index contributed by atoms with van der Waals surface area (Å²) in [7, 11) is 3.27. The number of carboxylic acid groups (broad SMARTS) is 1. The highest BCUT2D eigenvalue weighted by Crippen LogP contribution is 2.55. The standard InChI is InChI=1S/C28H39NO6/c1-8-17(3)25-19-14-24(35-12-10-11-33-6)23(34-7)13-18(19)21-15-22(30)20(27(31)32)16-29(21)26(25)28(4,5)9-2/h13-17,25-26H,8-12H2,1-7H3,(H,31,32)/t17?,25-,26+/m1/s1. The van der Waals surface area contributed by atoms with Gasteiger partial charge in [0.05, 0.1) is 19.4 Å². The number of aromatic carboxylic acids is 1. The van der Waals surface area contributed by atoms with E-state index >= 15 is 0 Å². The molecule has 0 spiro atoms. The Morgan fingerprint density at radius 1 is 1.14 bits per heavy atom. The zero-order valence-corrected chi connectivity index (χ0v) is 22.0. The number of fused-ring (bicyclic) bond motifs is 3. The average Bonchev–Trinajstić information content (AvgIpc) is 2.84. The van der Waals surface area contributed by atoms with Crippen LogP contribution in [0.1, 0.15) is 81.8 Å². The number of carboxylic acids is 1. The van der Waals surface area contributed by atoms with Gasteiger partial charge in [-0.1, -0.05) is 41.0 Å². The van der Waals surface area contributed by atoms with Crippen molar-refractivity contribution in [3.05, 3.63) is 45.7 Å². The van der Waals surface area contributed by atoms with E-state index in [1.165, 1.54) is 6.07 Å². The molecule has 7 nitrogen and oxygen atoms in total. The quantitative estimate of drug-likeness (QED) is 0.407. The first-order valence-corrected chi connectivity index (χ1v) is 12.4. The molecule has 192 valence electrons. The van der Waals surface area contributed by atoms with E-state index in [4.69, 9.17) is 14.2 Å². The van der Waals surface area contributed by atoms with Crippen LogP contribution < -0.4 is 14.9 Å². The summed E-state index contributed by atoms with van der Waals surface area (Å²) >= 11 is 0. The Balaban J connectivity index is 2.33. The largest absolute Gasteiger partial charge is 0.493 e. The van der Waals surface area contributed by atoms with Crippen molar-refractivity contribution in [3.63, 3.8) is 0 Å². The third kappa shape index (κ3) is 5.10. The number of rotatable bonds is 11. The van der Waals surface area contributed by atoms with Crippen LogP contribution in [-0.2, 0) is 4.74 Å². The van der Waals surface area contributed by atoms with E-state index in [2.05, 4.69) is 40.7 Å². The lowest BCUT2D eigenvalue weighted by atomic mass is 9.65. The minimum Gasteiger partial charge on any atom is -0.493 e. The SMILES string of the molecule is CCC(C)[C@@H]1c2cc(OCCCOC)c(OC)cc2-c2cc(=O)c(C(=O)O)cn2[C@@H]1C(C)(C)CC. The fourth-order valence-corrected chi connectivity index (χ4v) is 5.17. The van der Waals surface area contributed by atoms with E-state index in [1.54, 1.807) is 20.4 Å². The van der Waals surface area contributed by atoms with Gasteiger partial charge in [0.1, 0.15) is 5.56 Å². The van der Waals surface area contributed by atoms with Crippen molar-refractivity contribution in [1.82, 2.24) is 4.57 Å². The van der Waals surface area contributed by atoms with Crippen LogP contribution in [0.5, 0.6) is 11.5 Å². The van der Waals surface area contributed by atoms with Gasteiger partial charge in [-0.2, -0.15) is 0 Å². The second kappa shape index (κ2) is 10.9. The van der Waals surface area contributed by atoms with Gasteiger partial charge in [-0.3, -0.25) is 4.79 Å². The molecule has 35 heavy (non-hydrogen) atoms. The molecule has 3 atom stereocenters. The highest BCUT2D eigenvalue weighted by atomic mass is 16.5. The molecule has 0 aliphatic carbocycles. The van der Waals surface area contributed by atoms with Gasteiger partial charge in [-0.25, -0.2) is 4.79 Å². The summed E-state index contributed by atoms with van der Waals surface area (Å²) in [5, 5.41) is 9.71. The Morgan fingerprint density at radius 3 is 2.43 bits per heavy atom. The zero-order valence-electron chi connectivity index (χ0n) is 22.0. The molecule has 0 radical (unpaired) electrons. The third-order valence-electron chi connectivity index (χ3n) is 7.64. The monoisotopic (exact) mass is 485 g/mol. The lowest BCUT2D eigenvalue weighted by molar-refractivity contribution is 0.0692. The average molecular weight is 486 g/mol. The number of hydrogen-bond acceptors (Lipinski definition) is 5. The maximum Gasteiger partial charge on any atom is 0.341 e. The summed E-state index contributed by atoms with van der Waals surface area (Å²) in [4.78, 5) is 24.7. The maximum atomic E-state index is 12.8. The molecular formula is C28H39NO6. The van der Waals surface area contributed by atoms with E-state index in [0.717, 1.165) is 30.4 Å². The minimum absolute atomic E-state index is 0.0432. The number of pyridine rings is 1. The van der Waals surface area contributed by atoms with Crippen LogP contribution in [0.25, 0.3) is 11.3 Å². The van der Waals surface area contributed by atoms with Gasteiger partial charge >= 0.3 is 5.97 Å². The Bertz CT molecular complexity index is 1120. The summed E-state index contributed by atoms with van der Waals surface area (Å²) in [5.41, 5.74) is 1.84. The number of methoxy groups -OCH3 is 2. The van der Waals surface area contributed by atoms with Crippen molar-refractivity contribution in [3.8, 4) is 22.8 Å². The topological polar surface area (TPSA) is 87.0 Å². The first-order valence-electron chi connectivity index (χ1n) is 12.4. The van der Waals surface area contributed by atoms with E-state index in [9.17, 15) is 14.7 Å². The first-order chi connectivity index (χ1) is 16.6. The molecule has 1 aliphatic heterocycles. The molecule has 1 aliphatic rings. The van der Waals surface area contributed by atoms with Gasteiger partial charge in [-0.15, -0.1) is 0 Å². The van der Waals surface area contributed by atoms with Crippen molar-refractivity contribution in [2.45, 2.75) is 65.8 Å². The summed E-state index contributed by atoms with van der Waals surface area (Å²) < 4.78 is 19.0. The van der Waals surface area contributed by atoms with Crippen LogP contribution in [0.2, 0.25) is 0 Å². The Labute approximate surface area is 208 Å². The molecule has 2 aromatic rings. The van der Waals surface area contributed by atoms with Crippen LogP contribution in [0.15, 0.2) is 29.2 Å². The predicted molar refractivity (Wildman–Crippen MR) is 137 cm³/mol. The van der Waals surface area contributed by atoms with E-state index < -0.39 is 11.4 Å². The highest BCUT2D eigenvalue weighted by Gasteiger charge is 2.44. The molecular weight excluding hydrogens is 446 g/mol. The van der Waals surface area contributed by atoms with Crippen LogP contribution in [0.3, 0.4) is 0 Å². The normalized spacial score (nSPS) is 17.9. The molecule has 1 aromatic carbocycles. The number of benzene rings is 1. The van der Waals surface area contributed by atoms with Crippen molar-refractivity contribution in [2.24, 2.45) is 11.3 Å². The second-order valence-electron chi connectivity index (χ2n) is 10.1. The Kier molecular flexibility index (Phi) is 8.31. The number of carbonyl (C=O) groups is 1. The van der Waals surface area contributed by atoms with Crippen LogP contribution in [0.4, 0.5) is 0 Å². The van der Waals surface area contributed by atoms with Crippen molar-refractivity contribution < 1.29 is 24.1 Å². The minimum atomic E-state index is -1.21. The number of aromatic nitrogens is 1. The van der Waals surface area contributed by atoms with Gasteiger partial charge in [-0.05, 0) is 35.4 Å². The molecule has 0 saturated carbocycles. The third-order valence-corrected chi connectivity index (χ3v) is 7.64. The van der Waals surface area contributed by atoms with Crippen LogP contribution >= 0.6 is 0 Å². The molecule has 2 heterocycles. The van der Waals surface area contributed by atoms with Gasteiger partial charge in [0, 0.05) is 49.9 Å². The second-order valence-corrected chi connectivity index (χ2v) is 10.1. The van der Waals surface area contributed by atoms with Gasteiger partial charge in [0.2, 0.25) is 0 Å². The van der Waals surface area contributed by atoms with E-state index in [1.807, 2.05) is 10.6 Å². The molecule has 7 heteroatoms. The van der Waals surface area contributed by atoms with Gasteiger partial charge in [0.25, 0.3) is 0 Å². The van der Waals surface area contributed by atoms with Crippen LogP contribution in [-0.4, -0.2) is 43.1 Å². The van der Waals surface area contributed by atoms with E-state index in [0.29, 0.717) is 36.3 Å². The number of nitrogens with zero attached hydrogens (tertiary/aromatic N) is 1. The molecule has 0 saturated heterocycles. The summed E-state index contributed by atoms with van der Waals surface area (Å²) in [5.74, 6) is 0.441. The van der Waals surface area contributed by atoms with Crippen LogP contribution in [0, 0.1) is 11.3 Å². The van der Waals surface area contributed by atoms with Crippen molar-refractivity contribution in [1.29, 1.82) is 0 Å². The highest BCUT2D eigenvalue weighted by molar-refractivity contribution is 5.88. The molecule has 3 rings (SSSR count). The lowest BCUT2D eigenvalue weighted by Crippen LogP contribution is -2.39. The van der Waals surface area contributed by atoms with Gasteiger partial charge < -0.3 is 23.9 Å². The molecule has 0 fully saturated rings. The number of hydrogen-bond donors (Lipinski definition) is 1. The molecule has 1 N–H and O–H groups in total. The fraction of sp³-hybridized carbons (Fsp3) is 0.571. The predicted octanol–water partition coefficient (Wildman–Crippen LogP) is 5.76. The summed E-state index contributed by atoms with van der Waals surface area (Å²) in [6.07, 6.45) is 4.15. The number of ether oxygens (including phenoxy) is 3. The fourth-order valence-electron chi connectivity index (χ4n) is 5.17. The smallest absolute Gasteiger partial charge is 0.341 e. The van der Waals surface area contributed by atoms with Crippen molar-refractivity contribution in [2.75, 3.05) is 27.4 Å². The zero-order chi connectivity index (χ0) is 25.9. The molecule has 0 amide bonds.